The lowest BCUT2D eigenvalue weighted by molar-refractivity contribution is 0.619. The molecule has 1 aliphatic carbocycles. The Bertz CT molecular complexity index is 346. The highest BCUT2D eigenvalue weighted by Crippen LogP contribution is 2.44. The molecule has 0 saturated heterocycles. The Hall–Kier alpha value is -1.00. The average molecular weight is 206 g/mol. The second-order valence-electron chi connectivity index (χ2n) is 3.86. The van der Waals surface area contributed by atoms with Crippen molar-refractivity contribution in [2.45, 2.75) is 25.2 Å². The van der Waals surface area contributed by atoms with Crippen LogP contribution in [0.5, 0.6) is 0 Å². The molecular formula is C12H12ClN. The molecule has 0 heterocycles. The highest BCUT2D eigenvalue weighted by Gasteiger charge is 2.31. The number of benzene rings is 1. The highest BCUT2D eigenvalue weighted by atomic mass is 35.5. The predicted octanol–water partition coefficient (Wildman–Crippen LogP) is 3.75. The number of nitrogens with zero attached hydrogens (tertiary/aromatic N) is 1. The summed E-state index contributed by atoms with van der Waals surface area (Å²) in [5, 5.41) is 9.52. The third-order valence-electron chi connectivity index (χ3n) is 2.80. The Labute approximate surface area is 89.3 Å². The standard InChI is InChI=1S/C12H12ClN/c13-11-5-3-10(4-6-11)12(7-8-14)9-1-2-9/h3-6,9,12H,1-2,7H2. The topological polar surface area (TPSA) is 23.8 Å². The van der Waals surface area contributed by atoms with Gasteiger partial charge in [0.25, 0.3) is 0 Å². The molecular weight excluding hydrogens is 194 g/mol. The Morgan fingerprint density at radius 3 is 2.50 bits per heavy atom. The van der Waals surface area contributed by atoms with Gasteiger partial charge in [0.1, 0.15) is 0 Å². The van der Waals surface area contributed by atoms with E-state index in [1.165, 1.54) is 18.4 Å². The van der Waals surface area contributed by atoms with Gasteiger partial charge in [-0.15, -0.1) is 0 Å². The number of rotatable bonds is 3. The van der Waals surface area contributed by atoms with E-state index in [9.17, 15) is 0 Å². The molecule has 0 aromatic heterocycles. The molecule has 0 bridgehead atoms. The largest absolute Gasteiger partial charge is 0.198 e. The van der Waals surface area contributed by atoms with Crippen LogP contribution in [0.4, 0.5) is 0 Å². The summed E-state index contributed by atoms with van der Waals surface area (Å²) in [4.78, 5) is 0. The van der Waals surface area contributed by atoms with Crippen LogP contribution in [0.3, 0.4) is 0 Å². The van der Waals surface area contributed by atoms with Crippen LogP contribution in [0.2, 0.25) is 5.02 Å². The van der Waals surface area contributed by atoms with Gasteiger partial charge in [0.2, 0.25) is 0 Å². The molecule has 1 saturated carbocycles. The number of hydrogen-bond donors (Lipinski definition) is 0. The van der Waals surface area contributed by atoms with Gasteiger partial charge in [-0.2, -0.15) is 5.26 Å². The van der Waals surface area contributed by atoms with Crippen LogP contribution in [-0.4, -0.2) is 0 Å². The molecule has 1 unspecified atom stereocenters. The Balaban J connectivity index is 2.18. The van der Waals surface area contributed by atoms with Crippen LogP contribution in [-0.2, 0) is 0 Å². The number of halogens is 1. The lowest BCUT2D eigenvalue weighted by Crippen LogP contribution is -1.99. The lowest BCUT2D eigenvalue weighted by Gasteiger charge is -2.12. The number of nitriles is 1. The van der Waals surface area contributed by atoms with Crippen molar-refractivity contribution in [2.24, 2.45) is 5.92 Å². The zero-order chi connectivity index (χ0) is 9.97. The monoisotopic (exact) mass is 205 g/mol. The first-order chi connectivity index (χ1) is 6.81. The van der Waals surface area contributed by atoms with E-state index >= 15 is 0 Å². The minimum atomic E-state index is 0.428. The van der Waals surface area contributed by atoms with Crippen molar-refractivity contribution in [1.82, 2.24) is 0 Å². The van der Waals surface area contributed by atoms with Crippen molar-refractivity contribution < 1.29 is 0 Å². The van der Waals surface area contributed by atoms with Crippen molar-refractivity contribution in [1.29, 1.82) is 5.26 Å². The van der Waals surface area contributed by atoms with Gasteiger partial charge in [0, 0.05) is 11.4 Å². The highest BCUT2D eigenvalue weighted by molar-refractivity contribution is 6.30. The quantitative estimate of drug-likeness (QED) is 0.738. The maximum Gasteiger partial charge on any atom is 0.0628 e. The fourth-order valence-electron chi connectivity index (χ4n) is 1.86. The molecule has 0 radical (unpaired) electrons. The van der Waals surface area contributed by atoms with Crippen LogP contribution < -0.4 is 0 Å². The molecule has 0 aliphatic heterocycles. The van der Waals surface area contributed by atoms with Crippen LogP contribution in [0, 0.1) is 17.2 Å². The summed E-state index contributed by atoms with van der Waals surface area (Å²) in [6.07, 6.45) is 3.18. The SMILES string of the molecule is N#CCC(c1ccc(Cl)cc1)C1CC1. The van der Waals surface area contributed by atoms with E-state index in [0.717, 1.165) is 10.9 Å². The minimum Gasteiger partial charge on any atom is -0.198 e. The molecule has 1 aliphatic rings. The Morgan fingerprint density at radius 1 is 1.36 bits per heavy atom. The van der Waals surface area contributed by atoms with Crippen molar-refractivity contribution in [3.8, 4) is 6.07 Å². The molecule has 72 valence electrons. The second kappa shape index (κ2) is 4.02. The smallest absolute Gasteiger partial charge is 0.0628 e. The fraction of sp³-hybridized carbons (Fsp3) is 0.417. The lowest BCUT2D eigenvalue weighted by atomic mass is 9.92. The first kappa shape index (κ1) is 9.55. The maximum absolute atomic E-state index is 8.75. The maximum atomic E-state index is 8.75. The fourth-order valence-corrected chi connectivity index (χ4v) is 1.99. The molecule has 1 aromatic rings. The van der Waals surface area contributed by atoms with E-state index in [4.69, 9.17) is 16.9 Å². The van der Waals surface area contributed by atoms with E-state index < -0.39 is 0 Å². The van der Waals surface area contributed by atoms with E-state index in [0.29, 0.717) is 12.3 Å². The van der Waals surface area contributed by atoms with Crippen LogP contribution in [0.25, 0.3) is 0 Å². The van der Waals surface area contributed by atoms with Crippen LogP contribution in [0.1, 0.15) is 30.7 Å². The molecule has 1 aromatic carbocycles. The molecule has 2 rings (SSSR count). The molecule has 1 nitrogen and oxygen atoms in total. The summed E-state index contributed by atoms with van der Waals surface area (Å²) in [6, 6.07) is 10.2. The Morgan fingerprint density at radius 2 is 2.00 bits per heavy atom. The van der Waals surface area contributed by atoms with Gasteiger partial charge in [-0.1, -0.05) is 23.7 Å². The number of hydrogen-bond acceptors (Lipinski definition) is 1. The van der Waals surface area contributed by atoms with Gasteiger partial charge in [0.15, 0.2) is 0 Å². The summed E-state index contributed by atoms with van der Waals surface area (Å²) in [5.41, 5.74) is 1.26. The van der Waals surface area contributed by atoms with Gasteiger partial charge >= 0.3 is 0 Å². The summed E-state index contributed by atoms with van der Waals surface area (Å²) in [7, 11) is 0. The molecule has 14 heavy (non-hydrogen) atoms. The predicted molar refractivity (Wildman–Crippen MR) is 57.1 cm³/mol. The second-order valence-corrected chi connectivity index (χ2v) is 4.29. The third kappa shape index (κ3) is 2.08. The van der Waals surface area contributed by atoms with Crippen molar-refractivity contribution >= 4 is 11.6 Å². The van der Waals surface area contributed by atoms with Gasteiger partial charge in [-0.25, -0.2) is 0 Å². The van der Waals surface area contributed by atoms with Gasteiger partial charge in [-0.05, 0) is 42.4 Å². The van der Waals surface area contributed by atoms with Crippen molar-refractivity contribution in [3.05, 3.63) is 34.9 Å². The first-order valence-corrected chi connectivity index (χ1v) is 5.31. The average Bonchev–Trinajstić information content (AvgIpc) is 2.99. The third-order valence-corrected chi connectivity index (χ3v) is 3.05. The van der Waals surface area contributed by atoms with Gasteiger partial charge in [-0.3, -0.25) is 0 Å². The summed E-state index contributed by atoms with van der Waals surface area (Å²) in [5.74, 6) is 1.16. The Kier molecular flexibility index (Phi) is 2.74. The van der Waals surface area contributed by atoms with Crippen molar-refractivity contribution in [2.75, 3.05) is 0 Å². The van der Waals surface area contributed by atoms with E-state index in [1.807, 2.05) is 24.3 Å². The van der Waals surface area contributed by atoms with Crippen molar-refractivity contribution in [3.63, 3.8) is 0 Å². The van der Waals surface area contributed by atoms with Gasteiger partial charge < -0.3 is 0 Å². The summed E-state index contributed by atoms with van der Waals surface area (Å²) < 4.78 is 0. The molecule has 1 atom stereocenters. The zero-order valence-corrected chi connectivity index (χ0v) is 8.67. The molecule has 0 spiro atoms. The summed E-state index contributed by atoms with van der Waals surface area (Å²) >= 11 is 5.82. The van der Waals surface area contributed by atoms with E-state index in [2.05, 4.69) is 6.07 Å². The van der Waals surface area contributed by atoms with Crippen LogP contribution in [0.15, 0.2) is 24.3 Å². The molecule has 0 N–H and O–H groups in total. The van der Waals surface area contributed by atoms with E-state index in [1.54, 1.807) is 0 Å². The summed E-state index contributed by atoms with van der Waals surface area (Å²) in [6.45, 7) is 0. The molecule has 1 fully saturated rings. The van der Waals surface area contributed by atoms with E-state index in [-0.39, 0.29) is 0 Å². The zero-order valence-electron chi connectivity index (χ0n) is 7.91. The van der Waals surface area contributed by atoms with Crippen LogP contribution >= 0.6 is 11.6 Å². The normalized spacial score (nSPS) is 17.4. The minimum absolute atomic E-state index is 0.428. The first-order valence-electron chi connectivity index (χ1n) is 4.93. The molecule has 0 amide bonds. The van der Waals surface area contributed by atoms with Gasteiger partial charge in [0.05, 0.1) is 6.07 Å². The molecule has 2 heteroatoms.